The summed E-state index contributed by atoms with van der Waals surface area (Å²) in [6.07, 6.45) is 0. The van der Waals surface area contributed by atoms with Crippen molar-refractivity contribution in [2.45, 2.75) is 11.7 Å². The van der Waals surface area contributed by atoms with Crippen molar-refractivity contribution in [1.29, 1.82) is 0 Å². The largest absolute Gasteiger partial charge is 0.301 e. The smallest absolute Gasteiger partial charge is 0.200 e. The quantitative estimate of drug-likeness (QED) is 0.716. The van der Waals surface area contributed by atoms with Gasteiger partial charge in [0.15, 0.2) is 26.8 Å². The van der Waals surface area contributed by atoms with E-state index < -0.39 is 0 Å². The first kappa shape index (κ1) is 8.76. The van der Waals surface area contributed by atoms with Crippen molar-refractivity contribution in [1.82, 2.24) is 19.5 Å². The number of aryl methyl sites for hydroxylation is 1. The van der Waals surface area contributed by atoms with E-state index in [0.717, 1.165) is 23.1 Å². The van der Waals surface area contributed by atoms with Gasteiger partial charge in [-0.15, -0.1) is 0 Å². The molecule has 0 spiro atoms. The lowest BCUT2D eigenvalue weighted by Gasteiger charge is -1.97. The Morgan fingerprint density at radius 1 is 1.14 bits per heavy atom. The summed E-state index contributed by atoms with van der Waals surface area (Å²) in [5.41, 5.74) is 1.29. The third kappa shape index (κ3) is 1.12. The zero-order chi connectivity index (χ0) is 9.71. The molecule has 0 saturated heterocycles. The molecule has 0 saturated carbocycles. The highest BCUT2D eigenvalue weighted by atomic mass is 35.5. The summed E-state index contributed by atoms with van der Waals surface area (Å²) in [5.74, 6) is 1.03. The Balaban J connectivity index is 2.39. The van der Waals surface area contributed by atoms with Gasteiger partial charge in [0.1, 0.15) is 0 Å². The van der Waals surface area contributed by atoms with Gasteiger partial charge >= 0.3 is 0 Å². The maximum Gasteiger partial charge on any atom is 0.200 e. The number of aromatic nitrogens is 4. The first-order valence-electron chi connectivity index (χ1n) is 3.98. The molecule has 0 atom stereocenters. The number of thioether (sulfide) groups is 1. The molecule has 72 valence electrons. The number of nitrogens with zero attached hydrogens (tertiary/aromatic N) is 4. The third-order valence-corrected chi connectivity index (χ3v) is 3.59. The summed E-state index contributed by atoms with van der Waals surface area (Å²) in [6.45, 7) is 0.906. The fraction of sp³-hybridized carbons (Fsp3) is 0.286. The van der Waals surface area contributed by atoms with Crippen LogP contribution in [0.2, 0.25) is 10.3 Å². The van der Waals surface area contributed by atoms with Gasteiger partial charge in [-0.05, 0) is 0 Å². The number of rotatable bonds is 0. The lowest BCUT2D eigenvalue weighted by molar-refractivity contribution is 0.735. The lowest BCUT2D eigenvalue weighted by atomic mass is 10.6. The second-order valence-corrected chi connectivity index (χ2v) is 4.63. The molecule has 4 nitrogen and oxygen atoms in total. The van der Waals surface area contributed by atoms with Gasteiger partial charge in [0.05, 0.1) is 0 Å². The Morgan fingerprint density at radius 2 is 1.93 bits per heavy atom. The Kier molecular flexibility index (Phi) is 1.87. The number of imidazole rings is 1. The van der Waals surface area contributed by atoms with Gasteiger partial charge < -0.3 is 4.57 Å². The maximum atomic E-state index is 5.79. The van der Waals surface area contributed by atoms with Crippen LogP contribution in [0.15, 0.2) is 5.16 Å². The molecular weight excluding hydrogens is 243 g/mol. The van der Waals surface area contributed by atoms with Crippen molar-refractivity contribution in [2.75, 3.05) is 5.75 Å². The molecule has 3 heterocycles. The van der Waals surface area contributed by atoms with Gasteiger partial charge in [-0.25, -0.2) is 15.0 Å². The minimum absolute atomic E-state index is 0.209. The summed E-state index contributed by atoms with van der Waals surface area (Å²) in [7, 11) is 0. The second-order valence-electron chi connectivity index (χ2n) is 2.85. The van der Waals surface area contributed by atoms with Crippen molar-refractivity contribution in [2.24, 2.45) is 0 Å². The van der Waals surface area contributed by atoms with Crippen molar-refractivity contribution in [3.8, 4) is 0 Å². The minimum Gasteiger partial charge on any atom is -0.301 e. The Morgan fingerprint density at radius 3 is 2.79 bits per heavy atom. The van der Waals surface area contributed by atoms with Crippen LogP contribution in [-0.4, -0.2) is 25.3 Å². The van der Waals surface area contributed by atoms with E-state index in [-0.39, 0.29) is 10.3 Å². The van der Waals surface area contributed by atoms with Crippen LogP contribution in [-0.2, 0) is 6.54 Å². The monoisotopic (exact) mass is 246 g/mol. The highest BCUT2D eigenvalue weighted by molar-refractivity contribution is 7.99. The van der Waals surface area contributed by atoms with Crippen LogP contribution < -0.4 is 0 Å². The molecule has 0 amide bonds. The fourth-order valence-electron chi connectivity index (χ4n) is 1.42. The molecule has 1 aliphatic rings. The fourth-order valence-corrected chi connectivity index (χ4v) is 2.60. The molecule has 14 heavy (non-hydrogen) atoms. The number of halogens is 2. The molecule has 0 radical (unpaired) electrons. The van der Waals surface area contributed by atoms with E-state index in [2.05, 4.69) is 15.0 Å². The predicted octanol–water partition coefficient (Wildman–Crippen LogP) is 2.24. The number of hydrogen-bond acceptors (Lipinski definition) is 4. The van der Waals surface area contributed by atoms with E-state index in [0.29, 0.717) is 5.65 Å². The van der Waals surface area contributed by atoms with Gasteiger partial charge in [-0.1, -0.05) is 35.0 Å². The van der Waals surface area contributed by atoms with E-state index in [9.17, 15) is 0 Å². The van der Waals surface area contributed by atoms with Gasteiger partial charge in [-0.2, -0.15) is 0 Å². The van der Waals surface area contributed by atoms with Gasteiger partial charge in [-0.3, -0.25) is 0 Å². The summed E-state index contributed by atoms with van der Waals surface area (Å²) in [6, 6.07) is 0. The molecule has 2 aromatic rings. The number of fused-ring (bicyclic) bond motifs is 3. The predicted molar refractivity (Wildman–Crippen MR) is 56.1 cm³/mol. The van der Waals surface area contributed by atoms with Crippen molar-refractivity contribution < 1.29 is 0 Å². The molecule has 0 bridgehead atoms. The SMILES string of the molecule is Clc1nc2nc3n(c2nc1Cl)CCS3. The molecule has 3 rings (SSSR count). The Labute approximate surface area is 93.6 Å². The zero-order valence-electron chi connectivity index (χ0n) is 6.87. The first-order chi connectivity index (χ1) is 6.75. The van der Waals surface area contributed by atoms with Gasteiger partial charge in [0, 0.05) is 12.3 Å². The third-order valence-electron chi connectivity index (χ3n) is 2.01. The standard InChI is InChI=1S/C7H4Cl2N4S/c8-3-4(9)11-6-5(10-3)12-7-13(6)1-2-14-7/h1-2H2. The zero-order valence-corrected chi connectivity index (χ0v) is 9.20. The van der Waals surface area contributed by atoms with Crippen LogP contribution in [0.25, 0.3) is 11.3 Å². The second kappa shape index (κ2) is 2.98. The van der Waals surface area contributed by atoms with Crippen molar-refractivity contribution >= 4 is 46.3 Å². The summed E-state index contributed by atoms with van der Waals surface area (Å²) in [5, 5.41) is 1.39. The van der Waals surface area contributed by atoms with Crippen LogP contribution in [0.1, 0.15) is 0 Å². The molecule has 0 aromatic carbocycles. The highest BCUT2D eigenvalue weighted by Crippen LogP contribution is 2.30. The van der Waals surface area contributed by atoms with Crippen LogP contribution in [0.3, 0.4) is 0 Å². The van der Waals surface area contributed by atoms with E-state index in [1.807, 2.05) is 4.57 Å². The van der Waals surface area contributed by atoms with Crippen molar-refractivity contribution in [3.63, 3.8) is 0 Å². The normalized spacial score (nSPS) is 15.0. The van der Waals surface area contributed by atoms with Gasteiger partial charge in [0.2, 0.25) is 0 Å². The van der Waals surface area contributed by atoms with Crippen LogP contribution in [0.5, 0.6) is 0 Å². The molecule has 0 N–H and O–H groups in total. The average molecular weight is 247 g/mol. The molecule has 2 aromatic heterocycles. The minimum atomic E-state index is 0.209. The van der Waals surface area contributed by atoms with E-state index in [1.165, 1.54) is 0 Å². The molecule has 0 unspecified atom stereocenters. The lowest BCUT2D eigenvalue weighted by Crippen LogP contribution is -1.96. The summed E-state index contributed by atoms with van der Waals surface area (Å²) in [4.78, 5) is 12.5. The van der Waals surface area contributed by atoms with Crippen molar-refractivity contribution in [3.05, 3.63) is 10.3 Å². The van der Waals surface area contributed by atoms with E-state index in [1.54, 1.807) is 11.8 Å². The Bertz CT molecular complexity index is 524. The highest BCUT2D eigenvalue weighted by Gasteiger charge is 2.19. The Hall–Kier alpha value is -0.520. The molecule has 7 heteroatoms. The molecule has 0 aliphatic carbocycles. The molecule has 0 fully saturated rings. The average Bonchev–Trinajstić information content (AvgIpc) is 2.68. The summed E-state index contributed by atoms with van der Waals surface area (Å²) < 4.78 is 2.01. The van der Waals surface area contributed by atoms with Crippen LogP contribution in [0, 0.1) is 0 Å². The van der Waals surface area contributed by atoms with E-state index in [4.69, 9.17) is 23.2 Å². The maximum absolute atomic E-state index is 5.79. The topological polar surface area (TPSA) is 43.6 Å². The van der Waals surface area contributed by atoms with Crippen LogP contribution in [0.4, 0.5) is 0 Å². The van der Waals surface area contributed by atoms with Gasteiger partial charge in [0.25, 0.3) is 0 Å². The van der Waals surface area contributed by atoms with Crippen LogP contribution >= 0.6 is 35.0 Å². The van der Waals surface area contributed by atoms with E-state index >= 15 is 0 Å². The molecular formula is C7H4Cl2N4S. The number of hydrogen-bond donors (Lipinski definition) is 0. The summed E-state index contributed by atoms with van der Waals surface area (Å²) >= 11 is 13.2. The molecule has 1 aliphatic heterocycles. The first-order valence-corrected chi connectivity index (χ1v) is 5.72.